The van der Waals surface area contributed by atoms with Crippen LogP contribution in [0.15, 0.2) is 66.7 Å². The van der Waals surface area contributed by atoms with E-state index in [1.54, 1.807) is 0 Å². The molecule has 0 aliphatic rings. The van der Waals surface area contributed by atoms with Crippen LogP contribution in [0.5, 0.6) is 0 Å². The van der Waals surface area contributed by atoms with Gasteiger partial charge >= 0.3 is 0 Å². The summed E-state index contributed by atoms with van der Waals surface area (Å²) in [6.45, 7) is 6.85. The molecule has 2 heteroatoms. The third-order valence-corrected chi connectivity index (χ3v) is 7.17. The van der Waals surface area contributed by atoms with Gasteiger partial charge in [-0.25, -0.2) is 0 Å². The summed E-state index contributed by atoms with van der Waals surface area (Å²) in [5.41, 5.74) is 4.01. The summed E-state index contributed by atoms with van der Waals surface area (Å²) in [4.78, 5) is 3.70. The normalized spacial score (nSPS) is 12.8. The monoisotopic (exact) mass is 379 g/mol. The fourth-order valence-corrected chi connectivity index (χ4v) is 5.67. The maximum atomic E-state index is 3.70. The second kappa shape index (κ2) is 5.36. The zero-order valence-corrected chi connectivity index (χ0v) is 17.1. The first-order valence-electron chi connectivity index (χ1n) is 9.79. The summed E-state index contributed by atoms with van der Waals surface area (Å²) in [5.74, 6) is 0. The zero-order valence-electron chi connectivity index (χ0n) is 16.3. The Labute approximate surface area is 167 Å². The number of hydrogen-bond acceptors (Lipinski definition) is 1. The largest absolute Gasteiger partial charge is 0.354 e. The lowest BCUT2D eigenvalue weighted by atomic mass is 9.86. The van der Waals surface area contributed by atoms with Gasteiger partial charge in [-0.15, -0.1) is 11.3 Å². The number of nitrogens with one attached hydrogen (secondary N) is 1. The Morgan fingerprint density at radius 1 is 0.750 bits per heavy atom. The lowest BCUT2D eigenvalue weighted by Crippen LogP contribution is -2.10. The second-order valence-electron chi connectivity index (χ2n) is 8.76. The molecule has 2 heterocycles. The van der Waals surface area contributed by atoms with E-state index in [1.165, 1.54) is 58.3 Å². The Balaban J connectivity index is 1.81. The molecule has 0 atom stereocenters. The van der Waals surface area contributed by atoms with Gasteiger partial charge in [-0.05, 0) is 34.6 Å². The summed E-state index contributed by atoms with van der Waals surface area (Å²) in [6.07, 6.45) is 0. The van der Waals surface area contributed by atoms with Crippen LogP contribution < -0.4 is 0 Å². The Morgan fingerprint density at radius 3 is 2.36 bits per heavy atom. The highest BCUT2D eigenvalue weighted by Gasteiger charge is 2.17. The van der Waals surface area contributed by atoms with Crippen LogP contribution >= 0.6 is 11.3 Å². The number of aromatic amines is 1. The molecule has 0 spiro atoms. The maximum Gasteiger partial charge on any atom is 0.0559 e. The molecule has 0 aliphatic carbocycles. The highest BCUT2D eigenvalue weighted by atomic mass is 32.1. The third kappa shape index (κ3) is 2.12. The van der Waals surface area contributed by atoms with Gasteiger partial charge in [0.05, 0.1) is 5.52 Å². The molecule has 0 bridgehead atoms. The molecule has 0 saturated heterocycles. The van der Waals surface area contributed by atoms with Crippen molar-refractivity contribution in [1.82, 2.24) is 4.98 Å². The predicted molar refractivity (Wildman–Crippen MR) is 125 cm³/mol. The van der Waals surface area contributed by atoms with Crippen molar-refractivity contribution in [3.8, 4) is 0 Å². The van der Waals surface area contributed by atoms with Crippen molar-refractivity contribution >= 4 is 64.1 Å². The molecule has 6 rings (SSSR count). The molecule has 0 amide bonds. The number of thiophene rings is 1. The third-order valence-electron chi connectivity index (χ3n) is 5.96. The number of hydrogen-bond donors (Lipinski definition) is 1. The molecule has 1 nitrogen and oxygen atoms in total. The highest BCUT2D eigenvalue weighted by molar-refractivity contribution is 7.26. The first-order valence-corrected chi connectivity index (χ1v) is 10.6. The Bertz CT molecular complexity index is 1540. The van der Waals surface area contributed by atoms with E-state index in [0.29, 0.717) is 0 Å². The van der Waals surface area contributed by atoms with E-state index in [4.69, 9.17) is 0 Å². The fraction of sp³-hybridized carbons (Fsp3) is 0.154. The lowest BCUT2D eigenvalue weighted by molar-refractivity contribution is 0.591. The van der Waals surface area contributed by atoms with Gasteiger partial charge in [0.15, 0.2) is 0 Å². The Morgan fingerprint density at radius 2 is 1.54 bits per heavy atom. The summed E-state index contributed by atoms with van der Waals surface area (Å²) in [5, 5.41) is 8.00. The average Bonchev–Trinajstić information content (AvgIpc) is 3.24. The molecule has 4 aromatic carbocycles. The van der Waals surface area contributed by atoms with Crippen LogP contribution in [0.25, 0.3) is 52.8 Å². The zero-order chi connectivity index (χ0) is 19.0. The van der Waals surface area contributed by atoms with Crippen LogP contribution in [0.1, 0.15) is 26.3 Å². The number of H-pyrrole nitrogens is 1. The van der Waals surface area contributed by atoms with E-state index in [-0.39, 0.29) is 5.41 Å². The minimum Gasteiger partial charge on any atom is -0.354 e. The van der Waals surface area contributed by atoms with Crippen LogP contribution in [0.4, 0.5) is 0 Å². The molecule has 28 heavy (non-hydrogen) atoms. The van der Waals surface area contributed by atoms with E-state index in [9.17, 15) is 0 Å². The molecule has 2 aromatic heterocycles. The van der Waals surface area contributed by atoms with Crippen molar-refractivity contribution in [1.29, 1.82) is 0 Å². The predicted octanol–water partition coefficient (Wildman–Crippen LogP) is 8.14. The summed E-state index contributed by atoms with van der Waals surface area (Å²) in [6, 6.07) is 24.7. The molecule has 0 aliphatic heterocycles. The van der Waals surface area contributed by atoms with E-state index in [0.717, 1.165) is 0 Å². The average molecular weight is 380 g/mol. The molecule has 0 radical (unpaired) electrons. The Kier molecular flexibility index (Phi) is 3.09. The Hall–Kier alpha value is -2.84. The summed E-state index contributed by atoms with van der Waals surface area (Å²) < 4.78 is 2.75. The number of rotatable bonds is 0. The van der Waals surface area contributed by atoms with Crippen LogP contribution in [0.2, 0.25) is 0 Å². The quantitative estimate of drug-likeness (QED) is 0.274. The summed E-state index contributed by atoms with van der Waals surface area (Å²) in [7, 11) is 0. The van der Waals surface area contributed by atoms with Crippen molar-refractivity contribution in [3.63, 3.8) is 0 Å². The van der Waals surface area contributed by atoms with Crippen LogP contribution in [-0.2, 0) is 5.41 Å². The van der Waals surface area contributed by atoms with Crippen molar-refractivity contribution in [2.24, 2.45) is 0 Å². The molecule has 136 valence electrons. The molecule has 0 unspecified atom stereocenters. The molecule has 6 aromatic rings. The van der Waals surface area contributed by atoms with Crippen molar-refractivity contribution < 1.29 is 0 Å². The number of para-hydroxylation sites is 1. The second-order valence-corrected chi connectivity index (χ2v) is 9.81. The van der Waals surface area contributed by atoms with Crippen molar-refractivity contribution in [3.05, 3.63) is 72.3 Å². The van der Waals surface area contributed by atoms with Crippen molar-refractivity contribution in [2.45, 2.75) is 26.2 Å². The van der Waals surface area contributed by atoms with Gasteiger partial charge in [-0.1, -0.05) is 69.3 Å². The van der Waals surface area contributed by atoms with E-state index < -0.39 is 0 Å². The highest BCUT2D eigenvalue weighted by Crippen LogP contribution is 2.43. The van der Waals surface area contributed by atoms with Gasteiger partial charge in [-0.2, -0.15) is 0 Å². The molecule has 0 fully saturated rings. The smallest absolute Gasteiger partial charge is 0.0559 e. The van der Waals surface area contributed by atoms with Crippen molar-refractivity contribution in [2.75, 3.05) is 0 Å². The summed E-state index contributed by atoms with van der Waals surface area (Å²) >= 11 is 1.92. The minimum absolute atomic E-state index is 0.156. The van der Waals surface area contributed by atoms with Crippen LogP contribution in [-0.4, -0.2) is 4.98 Å². The molecular weight excluding hydrogens is 358 g/mol. The SMILES string of the molecule is CC(C)(C)c1ccc2sc3c(ccc4ccc5c6ccccc6[nH]c5c43)c2c1. The van der Waals surface area contributed by atoms with Gasteiger partial charge in [0.25, 0.3) is 0 Å². The van der Waals surface area contributed by atoms with Gasteiger partial charge in [-0.3, -0.25) is 0 Å². The standard InChI is InChI=1S/C26H21NS/c1-26(2,3)16-10-13-22-20(14-16)19-12-9-15-8-11-18-17-6-4-5-7-21(17)27-24(18)23(15)25(19)28-22/h4-14,27H,1-3H3. The van der Waals surface area contributed by atoms with Gasteiger partial charge in [0.1, 0.15) is 0 Å². The van der Waals surface area contributed by atoms with Gasteiger partial charge in [0.2, 0.25) is 0 Å². The number of aromatic nitrogens is 1. The lowest BCUT2D eigenvalue weighted by Gasteiger charge is -2.18. The molecule has 0 saturated carbocycles. The van der Waals surface area contributed by atoms with E-state index >= 15 is 0 Å². The van der Waals surface area contributed by atoms with Crippen LogP contribution in [0.3, 0.4) is 0 Å². The number of benzene rings is 4. The van der Waals surface area contributed by atoms with Gasteiger partial charge in [0, 0.05) is 41.8 Å². The van der Waals surface area contributed by atoms with E-state index in [2.05, 4.69) is 92.5 Å². The maximum absolute atomic E-state index is 3.70. The first-order chi connectivity index (χ1) is 13.5. The topological polar surface area (TPSA) is 15.8 Å². The first kappa shape index (κ1) is 16.1. The molecular formula is C26H21NS. The molecule has 1 N–H and O–H groups in total. The van der Waals surface area contributed by atoms with Crippen LogP contribution in [0, 0.1) is 0 Å². The van der Waals surface area contributed by atoms with Gasteiger partial charge < -0.3 is 4.98 Å². The van der Waals surface area contributed by atoms with E-state index in [1.807, 2.05) is 11.3 Å². The number of fused-ring (bicyclic) bond motifs is 9. The fourth-order valence-electron chi connectivity index (χ4n) is 4.43. The minimum atomic E-state index is 0.156.